The summed E-state index contributed by atoms with van der Waals surface area (Å²) in [5.74, 6) is -0.493. The summed E-state index contributed by atoms with van der Waals surface area (Å²) in [6, 6.07) is 5.99. The smallest absolute Gasteiger partial charge is 0.338 e. The van der Waals surface area contributed by atoms with Crippen LogP contribution in [0.1, 0.15) is 25.5 Å². The number of benzene rings is 1. The SMILES string of the molecule is C=C(C)COC(=O)C1=C(C)NC(=O)NC1c1ccc(Cl)cc1. The fourth-order valence-electron chi connectivity index (χ4n) is 2.14. The lowest BCUT2D eigenvalue weighted by Crippen LogP contribution is -2.45. The molecule has 2 N–H and O–H groups in total. The summed E-state index contributed by atoms with van der Waals surface area (Å²) in [5.41, 5.74) is 2.32. The maximum atomic E-state index is 12.3. The van der Waals surface area contributed by atoms with Gasteiger partial charge in [-0.2, -0.15) is 0 Å². The van der Waals surface area contributed by atoms with Gasteiger partial charge in [-0.25, -0.2) is 9.59 Å². The Morgan fingerprint density at radius 1 is 1.36 bits per heavy atom. The molecule has 0 aromatic heterocycles. The predicted octanol–water partition coefficient (Wildman–Crippen LogP) is 3.09. The maximum absolute atomic E-state index is 12.3. The van der Waals surface area contributed by atoms with Gasteiger partial charge < -0.3 is 15.4 Å². The van der Waals surface area contributed by atoms with Crippen LogP contribution in [0, 0.1) is 0 Å². The highest BCUT2D eigenvalue weighted by molar-refractivity contribution is 6.30. The van der Waals surface area contributed by atoms with Gasteiger partial charge in [-0.3, -0.25) is 0 Å². The van der Waals surface area contributed by atoms with Crippen LogP contribution in [0.5, 0.6) is 0 Å². The molecule has 1 atom stereocenters. The highest BCUT2D eigenvalue weighted by Crippen LogP contribution is 2.28. The Labute approximate surface area is 134 Å². The standard InChI is InChI=1S/C16H17ClN2O3/c1-9(2)8-22-15(20)13-10(3)18-16(21)19-14(13)11-4-6-12(17)7-5-11/h4-7,14H,1,8H2,2-3H3,(H2,18,19,21). The molecule has 116 valence electrons. The van der Waals surface area contributed by atoms with E-state index in [-0.39, 0.29) is 12.6 Å². The van der Waals surface area contributed by atoms with Crippen molar-refractivity contribution in [3.05, 3.63) is 58.3 Å². The highest BCUT2D eigenvalue weighted by Gasteiger charge is 2.32. The topological polar surface area (TPSA) is 67.4 Å². The molecule has 1 heterocycles. The Kier molecular flexibility index (Phi) is 4.88. The lowest BCUT2D eigenvalue weighted by Gasteiger charge is -2.28. The minimum atomic E-state index is -0.580. The molecule has 0 saturated carbocycles. The lowest BCUT2D eigenvalue weighted by atomic mass is 9.95. The van der Waals surface area contributed by atoms with Gasteiger partial charge in [-0.15, -0.1) is 0 Å². The van der Waals surface area contributed by atoms with E-state index in [1.807, 2.05) is 0 Å². The van der Waals surface area contributed by atoms with Crippen LogP contribution in [-0.4, -0.2) is 18.6 Å². The number of esters is 1. The van der Waals surface area contributed by atoms with Crippen LogP contribution in [0.4, 0.5) is 4.79 Å². The summed E-state index contributed by atoms with van der Waals surface area (Å²) in [6.45, 7) is 7.27. The summed E-state index contributed by atoms with van der Waals surface area (Å²) in [4.78, 5) is 24.0. The average molecular weight is 321 g/mol. The molecule has 22 heavy (non-hydrogen) atoms. The molecule has 5 nitrogen and oxygen atoms in total. The van der Waals surface area contributed by atoms with Crippen molar-refractivity contribution in [1.82, 2.24) is 10.6 Å². The Morgan fingerprint density at radius 2 is 2.00 bits per heavy atom. The van der Waals surface area contributed by atoms with Crippen LogP contribution < -0.4 is 10.6 Å². The van der Waals surface area contributed by atoms with Crippen molar-refractivity contribution >= 4 is 23.6 Å². The monoisotopic (exact) mass is 320 g/mol. The number of carbonyl (C=O) groups is 2. The van der Waals surface area contributed by atoms with Crippen molar-refractivity contribution in [3.8, 4) is 0 Å². The van der Waals surface area contributed by atoms with Crippen molar-refractivity contribution in [2.45, 2.75) is 19.9 Å². The van der Waals surface area contributed by atoms with E-state index >= 15 is 0 Å². The second kappa shape index (κ2) is 6.66. The molecular weight excluding hydrogens is 304 g/mol. The van der Waals surface area contributed by atoms with Gasteiger partial charge in [0.05, 0.1) is 11.6 Å². The second-order valence-electron chi connectivity index (χ2n) is 5.15. The van der Waals surface area contributed by atoms with Crippen molar-refractivity contribution in [2.24, 2.45) is 0 Å². The highest BCUT2D eigenvalue weighted by atomic mass is 35.5. The molecule has 1 aliphatic heterocycles. The van der Waals surface area contributed by atoms with E-state index in [1.54, 1.807) is 38.1 Å². The third-order valence-corrected chi connectivity index (χ3v) is 3.39. The second-order valence-corrected chi connectivity index (χ2v) is 5.59. The van der Waals surface area contributed by atoms with Gasteiger partial charge in [-0.1, -0.05) is 30.3 Å². The molecule has 0 radical (unpaired) electrons. The van der Waals surface area contributed by atoms with Crippen LogP contribution in [0.2, 0.25) is 5.02 Å². The summed E-state index contributed by atoms with van der Waals surface area (Å²) < 4.78 is 5.21. The van der Waals surface area contributed by atoms with Crippen molar-refractivity contribution in [2.75, 3.05) is 6.61 Å². The van der Waals surface area contributed by atoms with E-state index in [2.05, 4.69) is 17.2 Å². The number of halogens is 1. The van der Waals surface area contributed by atoms with Gasteiger partial charge in [-0.05, 0) is 37.1 Å². The first kappa shape index (κ1) is 16.1. The van der Waals surface area contributed by atoms with Crippen molar-refractivity contribution in [3.63, 3.8) is 0 Å². The molecular formula is C16H17ClN2O3. The zero-order valence-corrected chi connectivity index (χ0v) is 13.2. The van der Waals surface area contributed by atoms with Crippen molar-refractivity contribution < 1.29 is 14.3 Å². The fourth-order valence-corrected chi connectivity index (χ4v) is 2.26. The molecule has 0 aliphatic carbocycles. The van der Waals surface area contributed by atoms with E-state index in [0.717, 1.165) is 11.1 Å². The zero-order chi connectivity index (χ0) is 16.3. The largest absolute Gasteiger partial charge is 0.458 e. The molecule has 1 aliphatic rings. The first-order valence-electron chi connectivity index (χ1n) is 6.73. The van der Waals surface area contributed by atoms with Crippen LogP contribution in [0.15, 0.2) is 47.7 Å². The summed E-state index contributed by atoms with van der Waals surface area (Å²) >= 11 is 5.88. The molecule has 0 spiro atoms. The average Bonchev–Trinajstić information content (AvgIpc) is 2.44. The molecule has 2 rings (SSSR count). The van der Waals surface area contributed by atoms with Gasteiger partial charge in [0.1, 0.15) is 6.61 Å². The third-order valence-electron chi connectivity index (χ3n) is 3.14. The summed E-state index contributed by atoms with van der Waals surface area (Å²) in [6.07, 6.45) is 0. The molecule has 0 fully saturated rings. The summed E-state index contributed by atoms with van der Waals surface area (Å²) in [7, 11) is 0. The molecule has 0 saturated heterocycles. The third kappa shape index (κ3) is 3.68. The molecule has 0 bridgehead atoms. The van der Waals surface area contributed by atoms with E-state index in [9.17, 15) is 9.59 Å². The number of rotatable bonds is 4. The summed E-state index contributed by atoms with van der Waals surface area (Å²) in [5, 5.41) is 5.90. The number of hydrogen-bond donors (Lipinski definition) is 2. The first-order chi connectivity index (χ1) is 10.4. The van der Waals surface area contributed by atoms with Gasteiger partial charge in [0.15, 0.2) is 0 Å². The zero-order valence-electron chi connectivity index (χ0n) is 12.4. The normalized spacial score (nSPS) is 17.6. The quantitative estimate of drug-likeness (QED) is 0.661. The number of allylic oxidation sites excluding steroid dienone is 1. The molecule has 1 aromatic rings. The maximum Gasteiger partial charge on any atom is 0.338 e. The predicted molar refractivity (Wildman–Crippen MR) is 84.3 cm³/mol. The number of nitrogens with one attached hydrogen (secondary N) is 2. The molecule has 1 aromatic carbocycles. The Morgan fingerprint density at radius 3 is 2.59 bits per heavy atom. The van der Waals surface area contributed by atoms with Crippen LogP contribution in [0.3, 0.4) is 0 Å². The minimum absolute atomic E-state index is 0.136. The number of hydrogen-bond acceptors (Lipinski definition) is 3. The van der Waals surface area contributed by atoms with Gasteiger partial charge >= 0.3 is 12.0 Å². The molecule has 6 heteroatoms. The first-order valence-corrected chi connectivity index (χ1v) is 7.11. The molecule has 1 unspecified atom stereocenters. The number of ether oxygens (including phenoxy) is 1. The van der Waals surface area contributed by atoms with E-state index in [4.69, 9.17) is 16.3 Å². The minimum Gasteiger partial charge on any atom is -0.458 e. The fraction of sp³-hybridized carbons (Fsp3) is 0.250. The Hall–Kier alpha value is -2.27. The van der Waals surface area contributed by atoms with Gasteiger partial charge in [0.25, 0.3) is 0 Å². The Balaban J connectivity index is 2.34. The number of urea groups is 1. The van der Waals surface area contributed by atoms with Crippen LogP contribution in [0.25, 0.3) is 0 Å². The number of amides is 2. The van der Waals surface area contributed by atoms with Crippen LogP contribution in [-0.2, 0) is 9.53 Å². The van der Waals surface area contributed by atoms with Crippen molar-refractivity contribution in [1.29, 1.82) is 0 Å². The lowest BCUT2D eigenvalue weighted by molar-refractivity contribution is -0.138. The van der Waals surface area contributed by atoms with E-state index in [1.165, 1.54) is 0 Å². The molecule has 2 amide bonds. The van der Waals surface area contributed by atoms with E-state index in [0.29, 0.717) is 16.3 Å². The van der Waals surface area contributed by atoms with E-state index < -0.39 is 12.0 Å². The van der Waals surface area contributed by atoms with Gasteiger partial charge in [0, 0.05) is 10.7 Å². The van der Waals surface area contributed by atoms with Gasteiger partial charge in [0.2, 0.25) is 0 Å². The number of carbonyl (C=O) groups excluding carboxylic acids is 2. The van der Waals surface area contributed by atoms with Crippen LogP contribution >= 0.6 is 11.6 Å². The Bertz CT molecular complexity index is 650.